The van der Waals surface area contributed by atoms with E-state index < -0.39 is 11.7 Å². The number of likely N-dealkylation sites (tertiary alicyclic amines) is 1. The van der Waals surface area contributed by atoms with Gasteiger partial charge in [-0.2, -0.15) is 22.7 Å². The summed E-state index contributed by atoms with van der Waals surface area (Å²) < 4.78 is 42.1. The number of halogens is 3. The fourth-order valence-electron chi connectivity index (χ4n) is 4.77. The molecule has 2 N–H and O–H groups in total. The van der Waals surface area contributed by atoms with E-state index >= 15 is 0 Å². The lowest BCUT2D eigenvalue weighted by atomic mass is 10.0. The number of hydrogen-bond donors (Lipinski definition) is 2. The van der Waals surface area contributed by atoms with E-state index in [-0.39, 0.29) is 5.65 Å². The van der Waals surface area contributed by atoms with Crippen LogP contribution in [-0.2, 0) is 6.18 Å². The molecule has 0 saturated carbocycles. The van der Waals surface area contributed by atoms with Crippen molar-refractivity contribution in [2.75, 3.05) is 50.0 Å². The zero-order chi connectivity index (χ0) is 22.3. The van der Waals surface area contributed by atoms with Crippen molar-refractivity contribution in [2.24, 2.45) is 5.92 Å². The summed E-state index contributed by atoms with van der Waals surface area (Å²) in [6.45, 7) is 4.03. The second kappa shape index (κ2) is 8.40. The van der Waals surface area contributed by atoms with E-state index in [0.29, 0.717) is 36.8 Å². The van der Waals surface area contributed by atoms with Gasteiger partial charge in [0, 0.05) is 25.3 Å². The predicted molar refractivity (Wildman–Crippen MR) is 118 cm³/mol. The molecule has 0 radical (unpaired) electrons. The van der Waals surface area contributed by atoms with Crippen LogP contribution in [0.25, 0.3) is 5.65 Å². The molecule has 0 spiro atoms. The molecule has 2 saturated heterocycles. The highest BCUT2D eigenvalue weighted by molar-refractivity contribution is 5.57. The molecule has 7 nitrogen and oxygen atoms in total. The molecule has 3 aliphatic rings. The highest BCUT2D eigenvalue weighted by atomic mass is 19.4. The molecule has 2 aromatic rings. The first kappa shape index (κ1) is 21.3. The van der Waals surface area contributed by atoms with Crippen molar-refractivity contribution in [1.82, 2.24) is 24.8 Å². The van der Waals surface area contributed by atoms with Gasteiger partial charge >= 0.3 is 6.18 Å². The minimum Gasteiger partial charge on any atom is -0.370 e. The van der Waals surface area contributed by atoms with Gasteiger partial charge in [-0.3, -0.25) is 4.90 Å². The Labute approximate surface area is 185 Å². The van der Waals surface area contributed by atoms with Gasteiger partial charge in [0.15, 0.2) is 5.65 Å². The van der Waals surface area contributed by atoms with Gasteiger partial charge in [-0.25, -0.2) is 0 Å². The van der Waals surface area contributed by atoms with Crippen LogP contribution in [0.1, 0.15) is 24.8 Å². The lowest BCUT2D eigenvalue weighted by molar-refractivity contribution is -0.137. The molecule has 0 aromatic carbocycles. The molecule has 0 bridgehead atoms. The maximum atomic E-state index is 13.5. The van der Waals surface area contributed by atoms with E-state index in [4.69, 9.17) is 0 Å². The van der Waals surface area contributed by atoms with Crippen molar-refractivity contribution >= 4 is 17.4 Å². The topological polar surface area (TPSA) is 60.7 Å². The van der Waals surface area contributed by atoms with Crippen LogP contribution in [0.15, 0.2) is 36.1 Å². The predicted octanol–water partition coefficient (Wildman–Crippen LogP) is 3.12. The average Bonchev–Trinajstić information content (AvgIpc) is 3.52. The summed E-state index contributed by atoms with van der Waals surface area (Å²) in [5, 5.41) is 11.0. The van der Waals surface area contributed by atoms with Crippen molar-refractivity contribution in [3.05, 3.63) is 41.6 Å². The number of fused-ring (bicyclic) bond motifs is 1. The monoisotopic (exact) mass is 447 g/mol. The summed E-state index contributed by atoms with van der Waals surface area (Å²) in [6.07, 6.45) is 5.02. The molecule has 172 valence electrons. The van der Waals surface area contributed by atoms with Gasteiger partial charge in [0.05, 0.1) is 5.56 Å². The normalized spacial score (nSPS) is 24.5. The SMILES string of the molecule is CN1CCCC1C1=CN(c2nc3cc(C(F)(F)F)cc(NCC4CCNC4)n3n2)CC=C1. The van der Waals surface area contributed by atoms with Gasteiger partial charge in [-0.1, -0.05) is 12.2 Å². The summed E-state index contributed by atoms with van der Waals surface area (Å²) in [6, 6.07) is 2.53. The van der Waals surface area contributed by atoms with Crippen LogP contribution >= 0.6 is 0 Å². The van der Waals surface area contributed by atoms with Crippen LogP contribution in [-0.4, -0.2) is 65.3 Å². The molecular formula is C22H28F3N7. The van der Waals surface area contributed by atoms with E-state index in [1.54, 1.807) is 0 Å². The number of nitrogens with zero attached hydrogens (tertiary/aromatic N) is 5. The number of rotatable bonds is 5. The highest BCUT2D eigenvalue weighted by Gasteiger charge is 2.33. The summed E-state index contributed by atoms with van der Waals surface area (Å²) in [4.78, 5) is 8.70. The Morgan fingerprint density at radius 1 is 1.25 bits per heavy atom. The third kappa shape index (κ3) is 4.21. The van der Waals surface area contributed by atoms with Crippen LogP contribution < -0.4 is 15.5 Å². The molecule has 2 aromatic heterocycles. The van der Waals surface area contributed by atoms with Crippen LogP contribution in [0, 0.1) is 5.92 Å². The zero-order valence-corrected chi connectivity index (χ0v) is 18.1. The first-order valence-corrected chi connectivity index (χ1v) is 11.2. The first-order chi connectivity index (χ1) is 15.4. The molecule has 0 amide bonds. The molecule has 3 aliphatic heterocycles. The van der Waals surface area contributed by atoms with Crippen molar-refractivity contribution in [2.45, 2.75) is 31.5 Å². The quantitative estimate of drug-likeness (QED) is 0.735. The number of likely N-dealkylation sites (N-methyl/N-ethyl adjacent to an activating group) is 1. The first-order valence-electron chi connectivity index (χ1n) is 11.2. The Morgan fingerprint density at radius 3 is 2.84 bits per heavy atom. The average molecular weight is 448 g/mol. The molecule has 5 heterocycles. The Kier molecular flexibility index (Phi) is 5.58. The van der Waals surface area contributed by atoms with E-state index in [0.717, 1.165) is 51.0 Å². The Hall–Kier alpha value is -2.59. The van der Waals surface area contributed by atoms with Crippen LogP contribution in [0.4, 0.5) is 24.9 Å². The zero-order valence-electron chi connectivity index (χ0n) is 18.1. The Morgan fingerprint density at radius 2 is 2.12 bits per heavy atom. The van der Waals surface area contributed by atoms with Gasteiger partial charge in [0.25, 0.3) is 0 Å². The molecule has 2 unspecified atom stereocenters. The number of aromatic nitrogens is 3. The minimum atomic E-state index is -4.45. The Bertz CT molecular complexity index is 1040. The third-order valence-electron chi connectivity index (χ3n) is 6.57. The minimum absolute atomic E-state index is 0.185. The third-order valence-corrected chi connectivity index (χ3v) is 6.57. The van der Waals surface area contributed by atoms with Gasteiger partial charge < -0.3 is 15.5 Å². The van der Waals surface area contributed by atoms with Crippen LogP contribution in [0.3, 0.4) is 0 Å². The summed E-state index contributed by atoms with van der Waals surface area (Å²) >= 11 is 0. The molecule has 2 fully saturated rings. The number of alkyl halides is 3. The number of nitrogens with one attached hydrogen (secondary N) is 2. The molecule has 5 rings (SSSR count). The summed E-state index contributed by atoms with van der Waals surface area (Å²) in [5.41, 5.74) is 0.640. The smallest absolute Gasteiger partial charge is 0.370 e. The van der Waals surface area contributed by atoms with Crippen LogP contribution in [0.5, 0.6) is 0 Å². The summed E-state index contributed by atoms with van der Waals surface area (Å²) in [7, 11) is 2.12. The maximum absolute atomic E-state index is 13.5. The summed E-state index contributed by atoms with van der Waals surface area (Å²) in [5.74, 6) is 1.09. The number of hydrogen-bond acceptors (Lipinski definition) is 6. The fourth-order valence-corrected chi connectivity index (χ4v) is 4.77. The molecule has 2 atom stereocenters. The van der Waals surface area contributed by atoms with E-state index in [1.807, 2.05) is 11.1 Å². The standard InChI is InChI=1S/C22H28F3N7/c1-30-8-3-5-18(30)16-4-2-9-31(14-16)21-28-20-11-17(22(23,24)25)10-19(32(20)29-21)27-13-15-6-7-26-12-15/h2,4,10-11,14-15,18,26-27H,3,5-9,12-13H2,1H3. The van der Waals surface area contributed by atoms with Gasteiger partial charge in [0.1, 0.15) is 5.82 Å². The maximum Gasteiger partial charge on any atom is 0.416 e. The van der Waals surface area contributed by atoms with Crippen LogP contribution in [0.2, 0.25) is 0 Å². The highest BCUT2D eigenvalue weighted by Crippen LogP contribution is 2.33. The van der Waals surface area contributed by atoms with Crippen molar-refractivity contribution in [1.29, 1.82) is 0 Å². The van der Waals surface area contributed by atoms with Crippen molar-refractivity contribution < 1.29 is 13.2 Å². The van der Waals surface area contributed by atoms with E-state index in [1.165, 1.54) is 10.1 Å². The second-order valence-corrected chi connectivity index (χ2v) is 8.87. The number of pyridine rings is 1. The second-order valence-electron chi connectivity index (χ2n) is 8.87. The van der Waals surface area contributed by atoms with Gasteiger partial charge in [0.2, 0.25) is 5.95 Å². The fraction of sp³-hybridized carbons (Fsp3) is 0.545. The van der Waals surface area contributed by atoms with Gasteiger partial charge in [-0.05, 0) is 69.6 Å². The van der Waals surface area contributed by atoms with Crippen molar-refractivity contribution in [3.8, 4) is 0 Å². The largest absolute Gasteiger partial charge is 0.416 e. The molecule has 10 heteroatoms. The van der Waals surface area contributed by atoms with Crippen molar-refractivity contribution in [3.63, 3.8) is 0 Å². The van der Waals surface area contributed by atoms with E-state index in [2.05, 4.69) is 44.8 Å². The molecular weight excluding hydrogens is 419 g/mol. The van der Waals surface area contributed by atoms with Gasteiger partial charge in [-0.15, -0.1) is 5.10 Å². The lowest BCUT2D eigenvalue weighted by Gasteiger charge is -2.26. The number of anilines is 2. The van der Waals surface area contributed by atoms with E-state index in [9.17, 15) is 13.2 Å². The molecule has 0 aliphatic carbocycles. The molecule has 32 heavy (non-hydrogen) atoms. The Balaban J connectivity index is 1.47. The lowest BCUT2D eigenvalue weighted by Crippen LogP contribution is -2.30.